The van der Waals surface area contributed by atoms with Gasteiger partial charge in [-0.1, -0.05) is 0 Å². The molecule has 1 heterocycles. The van der Waals surface area contributed by atoms with Crippen LogP contribution >= 0.6 is 0 Å². The van der Waals surface area contributed by atoms with Gasteiger partial charge in [-0.15, -0.1) is 0 Å². The molecule has 3 N–H and O–H groups in total. The third kappa shape index (κ3) is 2.02. The fraction of sp³-hybridized carbons (Fsp3) is 0.600. The molecule has 1 unspecified atom stereocenters. The fourth-order valence-corrected chi connectivity index (χ4v) is 1.60. The predicted octanol–water partition coefficient (Wildman–Crippen LogP) is 0.486. The Balaban J connectivity index is 2.03. The van der Waals surface area contributed by atoms with Crippen molar-refractivity contribution in [2.24, 2.45) is 18.7 Å². The zero-order valence-electron chi connectivity index (χ0n) is 9.03. The van der Waals surface area contributed by atoms with Crippen LogP contribution in [0.4, 0.5) is 5.82 Å². The van der Waals surface area contributed by atoms with Gasteiger partial charge in [0.1, 0.15) is 0 Å². The second kappa shape index (κ2) is 3.34. The van der Waals surface area contributed by atoms with Gasteiger partial charge in [-0.2, -0.15) is 5.10 Å². The van der Waals surface area contributed by atoms with E-state index in [2.05, 4.69) is 10.4 Å². The second-order valence-electron chi connectivity index (χ2n) is 4.39. The topological polar surface area (TPSA) is 72.9 Å². The standard InChI is InChI=1S/C10H16N4O/c1-10(11,7-3-4-7)9(15)12-8-5-6-14(2)13-8/h5-7H,3-4,11H2,1-2H3,(H,12,13,15). The summed E-state index contributed by atoms with van der Waals surface area (Å²) in [6.07, 6.45) is 3.87. The average Bonchev–Trinajstić information content (AvgIpc) is 2.92. The van der Waals surface area contributed by atoms with Crippen molar-refractivity contribution < 1.29 is 4.79 Å². The van der Waals surface area contributed by atoms with Gasteiger partial charge in [-0.05, 0) is 25.7 Å². The largest absolute Gasteiger partial charge is 0.317 e. The van der Waals surface area contributed by atoms with Crippen LogP contribution in [-0.4, -0.2) is 21.2 Å². The van der Waals surface area contributed by atoms with Crippen LogP contribution in [0.3, 0.4) is 0 Å². The molecule has 5 nitrogen and oxygen atoms in total. The molecule has 1 aliphatic rings. The van der Waals surface area contributed by atoms with Crippen LogP contribution in [0.2, 0.25) is 0 Å². The first kappa shape index (κ1) is 10.2. The zero-order chi connectivity index (χ0) is 11.1. The van der Waals surface area contributed by atoms with Gasteiger partial charge in [0, 0.05) is 19.3 Å². The van der Waals surface area contributed by atoms with Crippen LogP contribution in [-0.2, 0) is 11.8 Å². The summed E-state index contributed by atoms with van der Waals surface area (Å²) in [6, 6.07) is 1.75. The molecule has 1 aromatic rings. The number of anilines is 1. The van der Waals surface area contributed by atoms with Gasteiger partial charge in [0.2, 0.25) is 5.91 Å². The van der Waals surface area contributed by atoms with Crippen molar-refractivity contribution in [2.45, 2.75) is 25.3 Å². The maximum absolute atomic E-state index is 11.8. The molecule has 1 atom stereocenters. The summed E-state index contributed by atoms with van der Waals surface area (Å²) in [5, 5.41) is 6.80. The molecule has 1 aliphatic carbocycles. The highest BCUT2D eigenvalue weighted by molar-refractivity contribution is 5.97. The molecule has 1 saturated carbocycles. The highest BCUT2D eigenvalue weighted by Crippen LogP contribution is 2.38. The van der Waals surface area contributed by atoms with E-state index in [-0.39, 0.29) is 5.91 Å². The van der Waals surface area contributed by atoms with Gasteiger partial charge in [0.05, 0.1) is 5.54 Å². The van der Waals surface area contributed by atoms with E-state index in [9.17, 15) is 4.79 Å². The van der Waals surface area contributed by atoms with Crippen molar-refractivity contribution >= 4 is 11.7 Å². The third-order valence-corrected chi connectivity index (χ3v) is 2.87. The minimum atomic E-state index is -0.766. The van der Waals surface area contributed by atoms with E-state index in [1.807, 2.05) is 0 Å². The SMILES string of the molecule is Cn1ccc(NC(=O)C(C)(N)C2CC2)n1. The van der Waals surface area contributed by atoms with Crippen LogP contribution in [0.5, 0.6) is 0 Å². The van der Waals surface area contributed by atoms with Crippen molar-refractivity contribution in [1.29, 1.82) is 0 Å². The Hall–Kier alpha value is -1.36. The summed E-state index contributed by atoms with van der Waals surface area (Å²) < 4.78 is 1.64. The van der Waals surface area contributed by atoms with E-state index in [4.69, 9.17) is 5.73 Å². The number of carbonyl (C=O) groups excluding carboxylic acids is 1. The lowest BCUT2D eigenvalue weighted by atomic mass is 9.96. The number of hydrogen-bond acceptors (Lipinski definition) is 3. The molecule has 15 heavy (non-hydrogen) atoms. The van der Waals surface area contributed by atoms with Gasteiger partial charge in [0.25, 0.3) is 0 Å². The molecule has 5 heteroatoms. The van der Waals surface area contributed by atoms with E-state index < -0.39 is 5.54 Å². The summed E-state index contributed by atoms with van der Waals surface area (Å²) >= 11 is 0. The number of aromatic nitrogens is 2. The highest BCUT2D eigenvalue weighted by Gasteiger charge is 2.44. The third-order valence-electron chi connectivity index (χ3n) is 2.87. The normalized spacial score (nSPS) is 19.7. The number of nitrogens with zero attached hydrogens (tertiary/aromatic N) is 2. The molecule has 0 saturated heterocycles. The Morgan fingerprint density at radius 2 is 2.40 bits per heavy atom. The summed E-state index contributed by atoms with van der Waals surface area (Å²) in [6.45, 7) is 1.78. The average molecular weight is 208 g/mol. The van der Waals surface area contributed by atoms with E-state index in [0.717, 1.165) is 12.8 Å². The molecule has 0 radical (unpaired) electrons. The molecular formula is C10H16N4O. The number of amides is 1. The summed E-state index contributed by atoms with van der Waals surface area (Å²) in [4.78, 5) is 11.8. The van der Waals surface area contributed by atoms with E-state index in [1.165, 1.54) is 0 Å². The van der Waals surface area contributed by atoms with Gasteiger partial charge < -0.3 is 11.1 Å². The smallest absolute Gasteiger partial charge is 0.245 e. The van der Waals surface area contributed by atoms with Crippen molar-refractivity contribution in [1.82, 2.24) is 9.78 Å². The first-order chi connectivity index (χ1) is 7.00. The minimum Gasteiger partial charge on any atom is -0.317 e. The van der Waals surface area contributed by atoms with Crippen molar-refractivity contribution in [3.05, 3.63) is 12.3 Å². The van der Waals surface area contributed by atoms with Crippen LogP contribution in [0, 0.1) is 5.92 Å². The highest BCUT2D eigenvalue weighted by atomic mass is 16.2. The van der Waals surface area contributed by atoms with Gasteiger partial charge >= 0.3 is 0 Å². The number of carbonyl (C=O) groups is 1. The number of hydrogen-bond donors (Lipinski definition) is 2. The number of rotatable bonds is 3. The molecule has 0 aliphatic heterocycles. The molecule has 82 valence electrons. The molecule has 1 amide bonds. The van der Waals surface area contributed by atoms with E-state index in [1.54, 1.807) is 30.9 Å². The van der Waals surface area contributed by atoms with Crippen LogP contribution in [0.15, 0.2) is 12.3 Å². The molecular weight excluding hydrogens is 192 g/mol. The molecule has 0 spiro atoms. The van der Waals surface area contributed by atoms with Crippen molar-refractivity contribution in [3.8, 4) is 0 Å². The summed E-state index contributed by atoms with van der Waals surface area (Å²) in [7, 11) is 1.80. The number of nitrogens with two attached hydrogens (primary N) is 1. The maximum Gasteiger partial charge on any atom is 0.245 e. The quantitative estimate of drug-likeness (QED) is 0.759. The van der Waals surface area contributed by atoms with Gasteiger partial charge in [-0.25, -0.2) is 0 Å². The Morgan fingerprint density at radius 3 is 2.87 bits per heavy atom. The van der Waals surface area contributed by atoms with Crippen LogP contribution < -0.4 is 11.1 Å². The van der Waals surface area contributed by atoms with Gasteiger partial charge in [-0.3, -0.25) is 9.48 Å². The van der Waals surface area contributed by atoms with E-state index in [0.29, 0.717) is 11.7 Å². The number of aryl methyl sites for hydroxylation is 1. The summed E-state index contributed by atoms with van der Waals surface area (Å²) in [5.41, 5.74) is 5.21. The first-order valence-electron chi connectivity index (χ1n) is 5.10. The lowest BCUT2D eigenvalue weighted by molar-refractivity contribution is -0.121. The summed E-state index contributed by atoms with van der Waals surface area (Å²) in [5.74, 6) is 0.727. The van der Waals surface area contributed by atoms with Crippen molar-refractivity contribution in [3.63, 3.8) is 0 Å². The van der Waals surface area contributed by atoms with E-state index >= 15 is 0 Å². The Morgan fingerprint density at radius 1 is 1.73 bits per heavy atom. The maximum atomic E-state index is 11.8. The Labute approximate surface area is 88.6 Å². The molecule has 0 aromatic carbocycles. The van der Waals surface area contributed by atoms with Crippen LogP contribution in [0.25, 0.3) is 0 Å². The zero-order valence-corrected chi connectivity index (χ0v) is 9.03. The fourth-order valence-electron chi connectivity index (χ4n) is 1.60. The minimum absolute atomic E-state index is 0.149. The van der Waals surface area contributed by atoms with Crippen LogP contribution in [0.1, 0.15) is 19.8 Å². The monoisotopic (exact) mass is 208 g/mol. The lowest BCUT2D eigenvalue weighted by Gasteiger charge is -2.22. The molecule has 1 aromatic heterocycles. The lowest BCUT2D eigenvalue weighted by Crippen LogP contribution is -2.50. The molecule has 2 rings (SSSR count). The predicted molar refractivity (Wildman–Crippen MR) is 57.2 cm³/mol. The Kier molecular flexibility index (Phi) is 2.26. The molecule has 0 bridgehead atoms. The number of nitrogens with one attached hydrogen (secondary N) is 1. The van der Waals surface area contributed by atoms with Gasteiger partial charge in [0.15, 0.2) is 5.82 Å². The van der Waals surface area contributed by atoms with Crippen molar-refractivity contribution in [2.75, 3.05) is 5.32 Å². The Bertz CT molecular complexity index is 379. The first-order valence-corrected chi connectivity index (χ1v) is 5.10. The molecule has 1 fully saturated rings. The second-order valence-corrected chi connectivity index (χ2v) is 4.39.